The lowest BCUT2D eigenvalue weighted by molar-refractivity contribution is -0.163. The van der Waals surface area contributed by atoms with Gasteiger partial charge in [0, 0.05) is 0 Å². The van der Waals surface area contributed by atoms with Crippen molar-refractivity contribution >= 4 is 24.9 Å². The first-order chi connectivity index (χ1) is 13.8. The summed E-state index contributed by atoms with van der Waals surface area (Å²) < 4.78 is 18.7. The Morgan fingerprint density at radius 2 is 1.80 bits per heavy atom. The zero-order valence-electron chi connectivity index (χ0n) is 17.9. The average Bonchev–Trinajstić information content (AvgIpc) is 2.58. The predicted octanol–water partition coefficient (Wildman–Crippen LogP) is 1.26. The Morgan fingerprint density at radius 3 is 2.30 bits per heavy atom. The Kier molecular flexibility index (Phi) is 9.45. The highest BCUT2D eigenvalue weighted by Gasteiger charge is 2.30. The van der Waals surface area contributed by atoms with Crippen molar-refractivity contribution in [2.75, 3.05) is 0 Å². The lowest BCUT2D eigenvalue weighted by atomic mass is 9.75. The molecule has 4 N–H and O–H groups in total. The van der Waals surface area contributed by atoms with E-state index in [0.29, 0.717) is 6.42 Å². The fourth-order valence-corrected chi connectivity index (χ4v) is 2.73. The van der Waals surface area contributed by atoms with Crippen LogP contribution >= 0.6 is 0 Å². The molecule has 0 saturated carbocycles. The van der Waals surface area contributed by atoms with E-state index in [1.807, 2.05) is 13.8 Å². The van der Waals surface area contributed by atoms with E-state index in [4.69, 9.17) is 4.74 Å². The number of carbonyl (C=O) groups is 3. The number of benzene rings is 1. The van der Waals surface area contributed by atoms with E-state index in [1.54, 1.807) is 20.8 Å². The monoisotopic (exact) mass is 424 g/mol. The van der Waals surface area contributed by atoms with Crippen molar-refractivity contribution in [2.24, 2.45) is 5.92 Å². The van der Waals surface area contributed by atoms with Gasteiger partial charge in [-0.05, 0) is 50.8 Å². The molecule has 0 aliphatic heterocycles. The van der Waals surface area contributed by atoms with Crippen LogP contribution < -0.4 is 10.6 Å². The Bertz CT molecular complexity index is 751. The van der Waals surface area contributed by atoms with Crippen molar-refractivity contribution in [3.63, 3.8) is 0 Å². The number of amides is 2. The van der Waals surface area contributed by atoms with Gasteiger partial charge >= 0.3 is 19.0 Å². The highest BCUT2D eigenvalue weighted by molar-refractivity contribution is 6.43. The Balaban J connectivity index is 2.98. The number of rotatable bonds is 8. The molecule has 0 aliphatic carbocycles. The molecule has 0 spiro atoms. The molecule has 1 unspecified atom stereocenters. The molecule has 0 radical (unpaired) electrons. The van der Waals surface area contributed by atoms with Gasteiger partial charge in [-0.2, -0.15) is 0 Å². The molecule has 10 heteroatoms. The van der Waals surface area contributed by atoms with Gasteiger partial charge in [0.05, 0.1) is 18.4 Å². The van der Waals surface area contributed by atoms with Gasteiger partial charge in [0.2, 0.25) is 5.91 Å². The molecule has 1 aromatic rings. The van der Waals surface area contributed by atoms with Crippen LogP contribution in [-0.4, -0.2) is 46.5 Å². The van der Waals surface area contributed by atoms with Gasteiger partial charge < -0.3 is 25.4 Å². The zero-order chi connectivity index (χ0) is 23.1. The summed E-state index contributed by atoms with van der Waals surface area (Å²) in [5.41, 5.74) is -0.617. The van der Waals surface area contributed by atoms with Crippen molar-refractivity contribution < 1.29 is 33.6 Å². The lowest BCUT2D eigenvalue weighted by Crippen LogP contribution is -2.48. The topological polar surface area (TPSA) is 125 Å². The second-order valence-corrected chi connectivity index (χ2v) is 8.50. The highest BCUT2D eigenvalue weighted by Crippen LogP contribution is 2.19. The average molecular weight is 424 g/mol. The molecule has 0 fully saturated rings. The maximum Gasteiger partial charge on any atom is 0.475 e. The quantitative estimate of drug-likeness (QED) is 0.283. The van der Waals surface area contributed by atoms with Gasteiger partial charge in [-0.25, -0.2) is 9.18 Å². The van der Waals surface area contributed by atoms with Crippen LogP contribution in [0.3, 0.4) is 0 Å². The number of halogens is 1. The van der Waals surface area contributed by atoms with E-state index in [0.717, 1.165) is 6.07 Å². The third-order valence-electron chi connectivity index (χ3n) is 3.96. The number of hydrogen-bond acceptors (Lipinski definition) is 6. The lowest BCUT2D eigenvalue weighted by Gasteiger charge is -2.24. The van der Waals surface area contributed by atoms with Crippen LogP contribution in [0, 0.1) is 11.7 Å². The summed E-state index contributed by atoms with van der Waals surface area (Å²) in [7, 11) is -1.76. The normalized spacial score (nSPS) is 13.4. The number of ether oxygens (including phenoxy) is 1. The molecular formula is C20H30BFN2O6. The summed E-state index contributed by atoms with van der Waals surface area (Å²) in [6.45, 7) is 8.52. The van der Waals surface area contributed by atoms with Gasteiger partial charge in [-0.3, -0.25) is 9.59 Å². The van der Waals surface area contributed by atoms with Crippen LogP contribution in [0.5, 0.6) is 0 Å². The summed E-state index contributed by atoms with van der Waals surface area (Å²) in [4.78, 5) is 36.7. The third-order valence-corrected chi connectivity index (χ3v) is 3.96. The second-order valence-electron chi connectivity index (χ2n) is 8.50. The van der Waals surface area contributed by atoms with Gasteiger partial charge in [0.15, 0.2) is 0 Å². The van der Waals surface area contributed by atoms with Gasteiger partial charge in [0.1, 0.15) is 11.4 Å². The minimum absolute atomic E-state index is 0.0861. The van der Waals surface area contributed by atoms with E-state index in [2.05, 4.69) is 10.6 Å². The molecule has 166 valence electrons. The minimum atomic E-state index is -1.76. The summed E-state index contributed by atoms with van der Waals surface area (Å²) in [6, 6.07) is 4.23. The molecule has 1 aromatic carbocycles. The molecule has 2 atom stereocenters. The number of nitrogens with one attached hydrogen (secondary N) is 2. The Labute approximate surface area is 176 Å². The van der Waals surface area contributed by atoms with Crippen molar-refractivity contribution in [1.82, 2.24) is 10.6 Å². The second kappa shape index (κ2) is 11.1. The molecular weight excluding hydrogens is 394 g/mol. The van der Waals surface area contributed by atoms with E-state index >= 15 is 0 Å². The molecule has 0 bridgehead atoms. The fourth-order valence-electron chi connectivity index (χ4n) is 2.73. The summed E-state index contributed by atoms with van der Waals surface area (Å²) >= 11 is 0. The van der Waals surface area contributed by atoms with E-state index < -0.39 is 48.3 Å². The molecule has 1 rings (SSSR count). The summed E-state index contributed by atoms with van der Waals surface area (Å²) in [6.07, 6.45) is -0.0301. The third kappa shape index (κ3) is 9.36. The highest BCUT2D eigenvalue weighted by atomic mass is 19.1. The minimum Gasteiger partial charge on any atom is -0.453 e. The molecule has 0 heterocycles. The van der Waals surface area contributed by atoms with E-state index in [-0.39, 0.29) is 17.9 Å². The molecule has 0 saturated heterocycles. The van der Waals surface area contributed by atoms with E-state index in [9.17, 15) is 28.8 Å². The van der Waals surface area contributed by atoms with Gasteiger partial charge in [0.25, 0.3) is 0 Å². The molecule has 8 nitrogen and oxygen atoms in total. The van der Waals surface area contributed by atoms with Crippen molar-refractivity contribution in [3.8, 4) is 0 Å². The fraction of sp³-hybridized carbons (Fsp3) is 0.550. The zero-order valence-corrected chi connectivity index (χ0v) is 17.9. The first-order valence-electron chi connectivity index (χ1n) is 9.73. The SMILES string of the molecule is CC(C)C[C@H](NC(=O)CC(NC(=O)C(=O)OC(C)(C)C)c1cccc(F)c1)B(O)O. The number of esters is 1. The smallest absolute Gasteiger partial charge is 0.453 e. The number of carbonyl (C=O) groups excluding carboxylic acids is 3. The standard InChI is InChI=1S/C20H30BFN2O6/c1-12(2)9-16(21(28)29)24-17(25)11-15(13-7-6-8-14(22)10-13)23-18(26)19(27)30-20(3,4)5/h6-8,10,12,15-16,28-29H,9,11H2,1-5H3,(H,23,26)(H,24,25)/t15?,16-/m0/s1. The summed E-state index contributed by atoms with van der Waals surface area (Å²) in [5.74, 6) is -4.21. The largest absolute Gasteiger partial charge is 0.475 e. The number of hydrogen-bond donors (Lipinski definition) is 4. The van der Waals surface area contributed by atoms with Crippen LogP contribution in [0.15, 0.2) is 24.3 Å². The molecule has 0 aliphatic rings. The van der Waals surface area contributed by atoms with Crippen molar-refractivity contribution in [1.29, 1.82) is 0 Å². The Morgan fingerprint density at radius 1 is 1.17 bits per heavy atom. The first-order valence-corrected chi connectivity index (χ1v) is 9.73. The predicted molar refractivity (Wildman–Crippen MR) is 109 cm³/mol. The van der Waals surface area contributed by atoms with Crippen LogP contribution in [-0.2, 0) is 19.1 Å². The van der Waals surface area contributed by atoms with Gasteiger partial charge in [-0.15, -0.1) is 0 Å². The van der Waals surface area contributed by atoms with Crippen LogP contribution in [0.25, 0.3) is 0 Å². The van der Waals surface area contributed by atoms with Crippen LogP contribution in [0.2, 0.25) is 0 Å². The maximum absolute atomic E-state index is 13.7. The molecule has 0 aromatic heterocycles. The van der Waals surface area contributed by atoms with E-state index in [1.165, 1.54) is 18.2 Å². The first kappa shape index (κ1) is 25.6. The van der Waals surface area contributed by atoms with Crippen molar-refractivity contribution in [2.45, 2.75) is 65.0 Å². The molecule has 2 amide bonds. The Hall–Kier alpha value is -2.46. The van der Waals surface area contributed by atoms with Crippen molar-refractivity contribution in [3.05, 3.63) is 35.6 Å². The van der Waals surface area contributed by atoms with Crippen LogP contribution in [0.1, 0.15) is 59.1 Å². The summed E-state index contributed by atoms with van der Waals surface area (Å²) in [5, 5.41) is 23.9. The van der Waals surface area contributed by atoms with Crippen LogP contribution in [0.4, 0.5) is 4.39 Å². The molecule has 30 heavy (non-hydrogen) atoms. The van der Waals surface area contributed by atoms with Gasteiger partial charge in [-0.1, -0.05) is 26.0 Å². The maximum atomic E-state index is 13.7.